The van der Waals surface area contributed by atoms with Gasteiger partial charge < -0.3 is 10.2 Å². The zero-order chi connectivity index (χ0) is 20.3. The number of anilines is 3. The highest BCUT2D eigenvalue weighted by Crippen LogP contribution is 2.28. The van der Waals surface area contributed by atoms with Crippen molar-refractivity contribution in [1.82, 2.24) is 9.78 Å². The van der Waals surface area contributed by atoms with E-state index in [-0.39, 0.29) is 17.0 Å². The van der Waals surface area contributed by atoms with Crippen LogP contribution in [0, 0.1) is 0 Å². The lowest BCUT2D eigenvalue weighted by Gasteiger charge is -2.17. The Morgan fingerprint density at radius 2 is 1.71 bits per heavy atom. The number of carbonyl (C=O) groups is 1. The summed E-state index contributed by atoms with van der Waals surface area (Å²) in [6.45, 7) is 3.72. The van der Waals surface area contributed by atoms with Gasteiger partial charge in [-0.05, 0) is 38.1 Å². The lowest BCUT2D eigenvalue weighted by Crippen LogP contribution is -2.28. The smallest absolute Gasteiger partial charge is 0.291 e. The van der Waals surface area contributed by atoms with Crippen LogP contribution in [0.1, 0.15) is 24.2 Å². The third-order valence-corrected chi connectivity index (χ3v) is 4.51. The van der Waals surface area contributed by atoms with E-state index in [4.69, 9.17) is 0 Å². The monoisotopic (exact) mass is 376 g/mol. The molecule has 1 N–H and O–H groups in total. The molecule has 0 saturated carbocycles. The molecule has 0 aliphatic heterocycles. The molecule has 2 aromatic carbocycles. The first-order chi connectivity index (χ1) is 13.4. The van der Waals surface area contributed by atoms with Crippen LogP contribution in [0.15, 0.2) is 59.4 Å². The van der Waals surface area contributed by atoms with Crippen LogP contribution in [0.25, 0.3) is 11.3 Å². The molecule has 6 heteroatoms. The molecule has 0 radical (unpaired) electrons. The van der Waals surface area contributed by atoms with Gasteiger partial charge in [-0.2, -0.15) is 5.10 Å². The predicted octanol–water partition coefficient (Wildman–Crippen LogP) is 3.94. The first-order valence-electron chi connectivity index (χ1n) is 9.18. The van der Waals surface area contributed by atoms with E-state index >= 15 is 0 Å². The molecule has 0 amide bonds. The minimum Gasteiger partial charge on any atom is -0.378 e. The van der Waals surface area contributed by atoms with Crippen molar-refractivity contribution in [2.24, 2.45) is 0 Å². The van der Waals surface area contributed by atoms with Crippen LogP contribution in [0.5, 0.6) is 0 Å². The van der Waals surface area contributed by atoms with Gasteiger partial charge in [0.25, 0.3) is 5.56 Å². The Kier molecular flexibility index (Phi) is 5.59. The summed E-state index contributed by atoms with van der Waals surface area (Å²) in [5.41, 5.74) is 3.31. The summed E-state index contributed by atoms with van der Waals surface area (Å²) in [6, 6.07) is 17.1. The number of nitrogens with zero attached hydrogens (tertiary/aromatic N) is 3. The Labute approximate surface area is 164 Å². The number of rotatable bonds is 6. The molecule has 6 nitrogen and oxygen atoms in total. The summed E-state index contributed by atoms with van der Waals surface area (Å²) in [5, 5.41) is 7.62. The quantitative estimate of drug-likeness (QED) is 0.660. The van der Waals surface area contributed by atoms with Gasteiger partial charge in [0.1, 0.15) is 11.4 Å². The molecular weight excluding hydrogens is 352 g/mol. The van der Waals surface area contributed by atoms with Crippen LogP contribution in [0.4, 0.5) is 17.1 Å². The molecule has 3 rings (SSSR count). The van der Waals surface area contributed by atoms with E-state index in [0.717, 1.165) is 16.9 Å². The number of Topliss-reactive ketones (excluding diaryl/α,β-unsaturated/α-hetero) is 1. The molecule has 28 heavy (non-hydrogen) atoms. The second kappa shape index (κ2) is 8.08. The van der Waals surface area contributed by atoms with Crippen LogP contribution < -0.4 is 15.8 Å². The van der Waals surface area contributed by atoms with Gasteiger partial charge in [0.05, 0.1) is 5.56 Å². The third kappa shape index (κ3) is 3.81. The van der Waals surface area contributed by atoms with Crippen molar-refractivity contribution >= 4 is 22.8 Å². The summed E-state index contributed by atoms with van der Waals surface area (Å²) in [4.78, 5) is 27.5. The summed E-state index contributed by atoms with van der Waals surface area (Å²) >= 11 is 0. The second-order valence-electron chi connectivity index (χ2n) is 6.71. The maximum Gasteiger partial charge on any atom is 0.291 e. The lowest BCUT2D eigenvalue weighted by molar-refractivity contribution is 0.101. The largest absolute Gasteiger partial charge is 0.378 e. The summed E-state index contributed by atoms with van der Waals surface area (Å²) in [5.74, 6) is -0.209. The van der Waals surface area contributed by atoms with E-state index in [1.165, 1.54) is 11.6 Å². The van der Waals surface area contributed by atoms with Gasteiger partial charge in [-0.3, -0.25) is 9.59 Å². The van der Waals surface area contributed by atoms with Gasteiger partial charge in [-0.1, -0.05) is 30.3 Å². The average molecular weight is 376 g/mol. The molecule has 3 aromatic rings. The number of nitrogens with one attached hydrogen (secondary N) is 1. The molecule has 1 aromatic heterocycles. The van der Waals surface area contributed by atoms with Crippen molar-refractivity contribution in [1.29, 1.82) is 0 Å². The molecule has 144 valence electrons. The molecular formula is C22H24N4O2. The third-order valence-electron chi connectivity index (χ3n) is 4.51. The van der Waals surface area contributed by atoms with Crippen molar-refractivity contribution in [3.8, 4) is 11.3 Å². The van der Waals surface area contributed by atoms with Crippen molar-refractivity contribution in [3.05, 3.63) is 70.5 Å². The minimum atomic E-state index is -0.316. The van der Waals surface area contributed by atoms with E-state index in [9.17, 15) is 9.59 Å². The number of carbonyl (C=O) groups excluding carboxylic acids is 1. The lowest BCUT2D eigenvalue weighted by atomic mass is 10.0. The van der Waals surface area contributed by atoms with Crippen LogP contribution in [0.3, 0.4) is 0 Å². The molecule has 0 fully saturated rings. The highest BCUT2D eigenvalue weighted by Gasteiger charge is 2.21. The fraction of sp³-hybridized carbons (Fsp3) is 0.227. The maximum absolute atomic E-state index is 13.0. The van der Waals surface area contributed by atoms with Gasteiger partial charge in [0, 0.05) is 37.6 Å². The van der Waals surface area contributed by atoms with Crippen molar-refractivity contribution < 1.29 is 4.79 Å². The molecule has 0 atom stereocenters. The van der Waals surface area contributed by atoms with Gasteiger partial charge in [-0.25, -0.2) is 4.68 Å². The molecule has 0 bridgehead atoms. The number of ketones is 1. The SMILES string of the molecule is CCn1nc(-c2ccccc2)c(C(C)=O)c(Nc2ccc(N(C)C)cc2)c1=O. The first-order valence-corrected chi connectivity index (χ1v) is 9.18. The highest BCUT2D eigenvalue weighted by atomic mass is 16.1. The Hall–Kier alpha value is -3.41. The summed E-state index contributed by atoms with van der Waals surface area (Å²) in [6.07, 6.45) is 0. The van der Waals surface area contributed by atoms with E-state index in [1.54, 1.807) is 0 Å². The Morgan fingerprint density at radius 3 is 2.25 bits per heavy atom. The molecule has 0 unspecified atom stereocenters. The normalized spacial score (nSPS) is 10.6. The van der Waals surface area contributed by atoms with Crippen molar-refractivity contribution in [3.63, 3.8) is 0 Å². The fourth-order valence-electron chi connectivity index (χ4n) is 3.03. The van der Waals surface area contributed by atoms with Gasteiger partial charge in [-0.15, -0.1) is 0 Å². The average Bonchev–Trinajstić information content (AvgIpc) is 2.70. The summed E-state index contributed by atoms with van der Waals surface area (Å²) < 4.78 is 1.38. The Morgan fingerprint density at radius 1 is 1.07 bits per heavy atom. The van der Waals surface area contributed by atoms with Crippen molar-refractivity contribution in [2.75, 3.05) is 24.3 Å². The molecule has 0 spiro atoms. The Bertz CT molecular complexity index is 1040. The minimum absolute atomic E-state index is 0.209. The van der Waals surface area contributed by atoms with Gasteiger partial charge in [0.2, 0.25) is 0 Å². The molecule has 0 aliphatic rings. The van der Waals surface area contributed by atoms with Crippen LogP contribution >= 0.6 is 0 Å². The van der Waals surface area contributed by atoms with Gasteiger partial charge in [0.15, 0.2) is 5.78 Å². The zero-order valence-corrected chi connectivity index (χ0v) is 16.6. The molecule has 0 aliphatic carbocycles. The standard InChI is InChI=1S/C22H24N4O2/c1-5-26-22(28)21(23-17-11-13-18(14-12-17)25(3)4)19(15(2)27)20(24-26)16-9-7-6-8-10-16/h6-14,23H,5H2,1-4H3. The predicted molar refractivity (Wildman–Crippen MR) is 114 cm³/mol. The number of aryl methyl sites for hydroxylation is 1. The van der Waals surface area contributed by atoms with Gasteiger partial charge >= 0.3 is 0 Å². The van der Waals surface area contributed by atoms with Crippen LogP contribution in [0.2, 0.25) is 0 Å². The fourth-order valence-corrected chi connectivity index (χ4v) is 3.03. The Balaban J connectivity index is 2.18. The van der Waals surface area contributed by atoms with E-state index in [0.29, 0.717) is 17.8 Å². The maximum atomic E-state index is 13.0. The number of aromatic nitrogens is 2. The second-order valence-corrected chi connectivity index (χ2v) is 6.71. The topological polar surface area (TPSA) is 67.2 Å². The number of benzene rings is 2. The van der Waals surface area contributed by atoms with E-state index in [1.807, 2.05) is 80.5 Å². The van der Waals surface area contributed by atoms with E-state index < -0.39 is 0 Å². The number of hydrogen-bond donors (Lipinski definition) is 1. The van der Waals surface area contributed by atoms with Crippen LogP contribution in [-0.2, 0) is 6.54 Å². The number of hydrogen-bond acceptors (Lipinski definition) is 5. The molecule has 1 heterocycles. The van der Waals surface area contributed by atoms with Crippen molar-refractivity contribution in [2.45, 2.75) is 20.4 Å². The summed E-state index contributed by atoms with van der Waals surface area (Å²) in [7, 11) is 3.93. The first kappa shape index (κ1) is 19.4. The zero-order valence-electron chi connectivity index (χ0n) is 16.6. The van der Waals surface area contributed by atoms with E-state index in [2.05, 4.69) is 10.4 Å². The molecule has 0 saturated heterocycles. The van der Waals surface area contributed by atoms with Crippen LogP contribution in [-0.4, -0.2) is 29.7 Å². The highest BCUT2D eigenvalue weighted by molar-refractivity contribution is 6.05.